The van der Waals surface area contributed by atoms with E-state index in [0.29, 0.717) is 22.8 Å². The van der Waals surface area contributed by atoms with E-state index in [4.69, 9.17) is 9.47 Å². The van der Waals surface area contributed by atoms with Gasteiger partial charge in [-0.25, -0.2) is 14.3 Å². The Morgan fingerprint density at radius 1 is 1.07 bits per heavy atom. The molecule has 0 bridgehead atoms. The first-order valence-corrected chi connectivity index (χ1v) is 8.14. The minimum absolute atomic E-state index is 0.0745. The molecular weight excluding hydrogens is 364 g/mol. The number of fused-ring (bicyclic) bond motifs is 1. The van der Waals surface area contributed by atoms with Crippen molar-refractivity contribution in [3.8, 4) is 22.8 Å². The highest BCUT2D eigenvalue weighted by atomic mass is 16.5. The van der Waals surface area contributed by atoms with Crippen LogP contribution in [0.1, 0.15) is 10.5 Å². The minimum atomic E-state index is -0.735. The van der Waals surface area contributed by atoms with Crippen LogP contribution in [0.2, 0.25) is 0 Å². The summed E-state index contributed by atoms with van der Waals surface area (Å²) < 4.78 is 16.6. The van der Waals surface area contributed by atoms with Crippen LogP contribution in [-0.2, 0) is 9.53 Å². The quantitative estimate of drug-likeness (QED) is 0.512. The summed E-state index contributed by atoms with van der Waals surface area (Å²) in [5.74, 6) is -0.178. The molecule has 0 spiro atoms. The molecule has 0 saturated carbocycles. The third kappa shape index (κ3) is 3.50. The summed E-state index contributed by atoms with van der Waals surface area (Å²) in [4.78, 5) is 28.0. The number of aromatic nitrogens is 3. The molecular formula is C19H18N4O5. The Balaban J connectivity index is 1.99. The summed E-state index contributed by atoms with van der Waals surface area (Å²) in [5, 5.41) is 6.65. The molecule has 2 heterocycles. The van der Waals surface area contributed by atoms with Crippen LogP contribution < -0.4 is 14.8 Å². The van der Waals surface area contributed by atoms with Crippen molar-refractivity contribution in [2.75, 3.05) is 21.3 Å². The monoisotopic (exact) mass is 382 g/mol. The summed E-state index contributed by atoms with van der Waals surface area (Å²) >= 11 is 0. The first-order chi connectivity index (χ1) is 13.5. The van der Waals surface area contributed by atoms with E-state index in [1.54, 1.807) is 38.6 Å². The zero-order valence-corrected chi connectivity index (χ0v) is 15.6. The molecule has 0 aliphatic carbocycles. The Hall–Kier alpha value is -3.88. The lowest BCUT2D eigenvalue weighted by atomic mass is 10.1. The maximum absolute atomic E-state index is 12.4. The number of nitrogens with zero attached hydrogens (tertiary/aromatic N) is 3. The number of carbonyl (C=O) groups is 2. The largest absolute Gasteiger partial charge is 0.493 e. The maximum atomic E-state index is 12.4. The Morgan fingerprint density at radius 3 is 2.50 bits per heavy atom. The standard InChI is InChI=1S/C19H18N4O5/c1-11(19(25)28-4)21-18(24)13-10-17-20-8-7-14(23(17)22-13)12-5-6-15(26-2)16(9-12)27-3/h5-10H,1H2,2-4H3,(H,21,24). The molecule has 9 heteroatoms. The van der Waals surface area contributed by atoms with Crippen LogP contribution in [0.3, 0.4) is 0 Å². The predicted molar refractivity (Wildman–Crippen MR) is 100 cm³/mol. The van der Waals surface area contributed by atoms with Gasteiger partial charge in [0.05, 0.1) is 27.0 Å². The smallest absolute Gasteiger partial charge is 0.353 e. The van der Waals surface area contributed by atoms with Crippen molar-refractivity contribution in [3.63, 3.8) is 0 Å². The normalized spacial score (nSPS) is 10.4. The van der Waals surface area contributed by atoms with Gasteiger partial charge in [0.25, 0.3) is 5.91 Å². The van der Waals surface area contributed by atoms with Crippen LogP contribution in [0.4, 0.5) is 0 Å². The molecule has 0 aliphatic heterocycles. The summed E-state index contributed by atoms with van der Waals surface area (Å²) in [7, 11) is 4.31. The summed E-state index contributed by atoms with van der Waals surface area (Å²) in [5.41, 5.74) is 1.83. The number of amides is 1. The average molecular weight is 382 g/mol. The van der Waals surface area contributed by atoms with E-state index < -0.39 is 11.9 Å². The number of hydrogen-bond acceptors (Lipinski definition) is 7. The number of ether oxygens (including phenoxy) is 3. The molecule has 1 N–H and O–H groups in total. The van der Waals surface area contributed by atoms with Crippen LogP contribution in [0.15, 0.2) is 48.8 Å². The molecule has 2 aromatic heterocycles. The Morgan fingerprint density at radius 2 is 1.82 bits per heavy atom. The number of methoxy groups -OCH3 is 3. The molecule has 3 aromatic rings. The highest BCUT2D eigenvalue weighted by molar-refractivity contribution is 6.00. The fourth-order valence-corrected chi connectivity index (χ4v) is 2.60. The summed E-state index contributed by atoms with van der Waals surface area (Å²) in [6.45, 7) is 3.46. The van der Waals surface area contributed by atoms with E-state index in [0.717, 1.165) is 5.56 Å². The van der Waals surface area contributed by atoms with Gasteiger partial charge in [0.15, 0.2) is 22.8 Å². The number of rotatable bonds is 6. The van der Waals surface area contributed by atoms with E-state index in [9.17, 15) is 9.59 Å². The van der Waals surface area contributed by atoms with Crippen molar-refractivity contribution in [1.29, 1.82) is 0 Å². The summed E-state index contributed by atoms with van der Waals surface area (Å²) in [6.07, 6.45) is 1.61. The molecule has 0 radical (unpaired) electrons. The molecule has 0 atom stereocenters. The van der Waals surface area contributed by atoms with E-state index in [1.807, 2.05) is 6.07 Å². The SMILES string of the molecule is C=C(NC(=O)c1cc2nccc(-c3ccc(OC)c(OC)c3)n2n1)C(=O)OC. The van der Waals surface area contributed by atoms with Crippen molar-refractivity contribution in [3.05, 3.63) is 54.5 Å². The van der Waals surface area contributed by atoms with Crippen LogP contribution in [0.25, 0.3) is 16.9 Å². The van der Waals surface area contributed by atoms with Gasteiger partial charge >= 0.3 is 5.97 Å². The Labute approximate surface area is 160 Å². The molecule has 0 unspecified atom stereocenters. The van der Waals surface area contributed by atoms with Crippen molar-refractivity contribution >= 4 is 17.5 Å². The minimum Gasteiger partial charge on any atom is -0.493 e. The molecule has 9 nitrogen and oxygen atoms in total. The van der Waals surface area contributed by atoms with Crippen LogP contribution >= 0.6 is 0 Å². The zero-order chi connectivity index (χ0) is 20.3. The lowest BCUT2D eigenvalue weighted by Crippen LogP contribution is -2.27. The van der Waals surface area contributed by atoms with E-state index in [2.05, 4.69) is 26.7 Å². The Kier molecular flexibility index (Phi) is 5.25. The lowest BCUT2D eigenvalue weighted by molar-refractivity contribution is -0.136. The summed E-state index contributed by atoms with van der Waals surface area (Å²) in [6, 6.07) is 8.68. The molecule has 144 valence electrons. The van der Waals surface area contributed by atoms with Gasteiger partial charge in [-0.15, -0.1) is 0 Å². The highest BCUT2D eigenvalue weighted by Gasteiger charge is 2.18. The predicted octanol–water partition coefficient (Wildman–Crippen LogP) is 1.83. The molecule has 3 rings (SSSR count). The second-order valence-electron chi connectivity index (χ2n) is 5.62. The van der Waals surface area contributed by atoms with Crippen molar-refractivity contribution in [2.24, 2.45) is 0 Å². The van der Waals surface area contributed by atoms with Crippen molar-refractivity contribution in [2.45, 2.75) is 0 Å². The number of carbonyl (C=O) groups excluding carboxylic acids is 2. The maximum Gasteiger partial charge on any atom is 0.353 e. The molecule has 0 fully saturated rings. The molecule has 1 aromatic carbocycles. The van der Waals surface area contributed by atoms with Gasteiger partial charge in [-0.05, 0) is 24.3 Å². The topological polar surface area (TPSA) is 104 Å². The number of benzene rings is 1. The van der Waals surface area contributed by atoms with Crippen molar-refractivity contribution < 1.29 is 23.8 Å². The lowest BCUT2D eigenvalue weighted by Gasteiger charge is -2.10. The molecule has 28 heavy (non-hydrogen) atoms. The zero-order valence-electron chi connectivity index (χ0n) is 15.6. The van der Waals surface area contributed by atoms with Crippen LogP contribution in [0.5, 0.6) is 11.5 Å². The van der Waals surface area contributed by atoms with E-state index >= 15 is 0 Å². The average Bonchev–Trinajstić information content (AvgIpc) is 3.17. The van der Waals surface area contributed by atoms with Gasteiger partial charge in [-0.3, -0.25) is 4.79 Å². The highest BCUT2D eigenvalue weighted by Crippen LogP contribution is 2.32. The molecule has 0 aliphatic rings. The number of nitrogens with one attached hydrogen (secondary N) is 1. The Bertz CT molecular complexity index is 1070. The van der Waals surface area contributed by atoms with Crippen molar-refractivity contribution in [1.82, 2.24) is 19.9 Å². The molecule has 1 amide bonds. The second-order valence-corrected chi connectivity index (χ2v) is 5.62. The molecule has 0 saturated heterocycles. The third-order valence-corrected chi connectivity index (χ3v) is 3.97. The van der Waals surface area contributed by atoms with Gasteiger partial charge in [-0.1, -0.05) is 6.58 Å². The second kappa shape index (κ2) is 7.78. The first kappa shape index (κ1) is 18.9. The van der Waals surface area contributed by atoms with Gasteiger partial charge in [0.2, 0.25) is 0 Å². The van der Waals surface area contributed by atoms with E-state index in [1.165, 1.54) is 17.7 Å². The van der Waals surface area contributed by atoms with Gasteiger partial charge in [0.1, 0.15) is 5.70 Å². The van der Waals surface area contributed by atoms with Crippen LogP contribution in [0, 0.1) is 0 Å². The number of esters is 1. The number of hydrogen-bond donors (Lipinski definition) is 1. The first-order valence-electron chi connectivity index (χ1n) is 8.14. The van der Waals surface area contributed by atoms with Gasteiger partial charge < -0.3 is 19.5 Å². The third-order valence-electron chi connectivity index (χ3n) is 3.97. The van der Waals surface area contributed by atoms with E-state index in [-0.39, 0.29) is 11.4 Å². The fourth-order valence-electron chi connectivity index (χ4n) is 2.60. The van der Waals surface area contributed by atoms with Crippen LogP contribution in [-0.4, -0.2) is 47.8 Å². The van der Waals surface area contributed by atoms with Gasteiger partial charge in [-0.2, -0.15) is 5.10 Å². The fraction of sp³-hybridized carbons (Fsp3) is 0.158. The van der Waals surface area contributed by atoms with Gasteiger partial charge in [0, 0.05) is 17.8 Å².